The summed E-state index contributed by atoms with van der Waals surface area (Å²) in [4.78, 5) is 35.8. The van der Waals surface area contributed by atoms with Crippen molar-refractivity contribution in [2.75, 3.05) is 13.2 Å². The molecule has 3 rings (SSSR count). The van der Waals surface area contributed by atoms with Crippen LogP contribution < -0.4 is 10.6 Å². The molecular weight excluding hydrogens is 320 g/mol. The first kappa shape index (κ1) is 17.8. The number of hydrogen-bond acceptors (Lipinski definition) is 5. The van der Waals surface area contributed by atoms with Crippen LogP contribution in [0.25, 0.3) is 0 Å². The molecule has 6 nitrogen and oxygen atoms in total. The highest BCUT2D eigenvalue weighted by Crippen LogP contribution is 2.26. The Balaban J connectivity index is 1.63. The van der Waals surface area contributed by atoms with Crippen LogP contribution in [-0.2, 0) is 25.5 Å². The third-order valence-corrected chi connectivity index (χ3v) is 5.00. The summed E-state index contributed by atoms with van der Waals surface area (Å²) in [6.07, 6.45) is 3.13. The second-order valence-electron chi connectivity index (χ2n) is 6.81. The summed E-state index contributed by atoms with van der Waals surface area (Å²) in [7, 11) is 0. The second kappa shape index (κ2) is 7.89. The Morgan fingerprint density at radius 3 is 2.76 bits per heavy atom. The van der Waals surface area contributed by atoms with Crippen LogP contribution in [0.2, 0.25) is 0 Å². The molecule has 2 aliphatic rings. The lowest BCUT2D eigenvalue weighted by Crippen LogP contribution is -2.58. The minimum Gasteiger partial charge on any atom is -0.368 e. The van der Waals surface area contributed by atoms with Gasteiger partial charge >= 0.3 is 0 Å². The Morgan fingerprint density at radius 1 is 1.36 bits per heavy atom. The monoisotopic (exact) mass is 344 g/mol. The molecule has 0 bridgehead atoms. The van der Waals surface area contributed by atoms with E-state index in [1.807, 2.05) is 30.3 Å². The van der Waals surface area contributed by atoms with E-state index >= 15 is 0 Å². The highest BCUT2D eigenvalue weighted by Gasteiger charge is 2.46. The molecule has 2 aliphatic heterocycles. The second-order valence-corrected chi connectivity index (χ2v) is 6.81. The predicted molar refractivity (Wildman–Crippen MR) is 92.1 cm³/mol. The summed E-state index contributed by atoms with van der Waals surface area (Å²) in [6, 6.07) is 9.20. The molecule has 1 aromatic carbocycles. The Hall–Kier alpha value is -2.05. The fraction of sp³-hybridized carbons (Fsp3) is 0.526. The number of carbonyl (C=O) groups excluding carboxylic acids is 3. The van der Waals surface area contributed by atoms with Gasteiger partial charge in [-0.05, 0) is 31.4 Å². The molecule has 0 radical (unpaired) electrons. The van der Waals surface area contributed by atoms with Gasteiger partial charge in [0, 0.05) is 12.8 Å². The van der Waals surface area contributed by atoms with Crippen LogP contribution in [0.15, 0.2) is 30.3 Å². The van der Waals surface area contributed by atoms with Crippen molar-refractivity contribution in [1.82, 2.24) is 10.6 Å². The normalized spacial score (nSPS) is 27.0. The number of nitrogens with one attached hydrogen (secondary N) is 2. The largest absolute Gasteiger partial charge is 0.368 e. The van der Waals surface area contributed by atoms with Crippen LogP contribution in [0.5, 0.6) is 0 Å². The van der Waals surface area contributed by atoms with E-state index < -0.39 is 17.7 Å². The van der Waals surface area contributed by atoms with Gasteiger partial charge in [0.1, 0.15) is 17.9 Å². The molecule has 0 saturated carbocycles. The van der Waals surface area contributed by atoms with Crippen LogP contribution >= 0.6 is 0 Å². The smallest absolute Gasteiger partial charge is 0.220 e. The van der Waals surface area contributed by atoms with Crippen molar-refractivity contribution in [3.63, 3.8) is 0 Å². The topological polar surface area (TPSA) is 84.5 Å². The maximum atomic E-state index is 12.9. The van der Waals surface area contributed by atoms with E-state index in [2.05, 4.69) is 10.6 Å². The molecule has 2 fully saturated rings. The average Bonchev–Trinajstić information content (AvgIpc) is 3.29. The van der Waals surface area contributed by atoms with Gasteiger partial charge in [-0.25, -0.2) is 0 Å². The van der Waals surface area contributed by atoms with Crippen LogP contribution in [-0.4, -0.2) is 48.8 Å². The number of amides is 1. The lowest BCUT2D eigenvalue weighted by atomic mass is 9.88. The molecule has 25 heavy (non-hydrogen) atoms. The molecule has 1 aromatic rings. The number of ketones is 1. The summed E-state index contributed by atoms with van der Waals surface area (Å²) < 4.78 is 5.83. The average molecular weight is 344 g/mol. The van der Waals surface area contributed by atoms with Crippen LogP contribution in [0, 0.1) is 0 Å². The van der Waals surface area contributed by atoms with Crippen molar-refractivity contribution in [3.8, 4) is 0 Å². The van der Waals surface area contributed by atoms with Gasteiger partial charge in [-0.2, -0.15) is 0 Å². The Morgan fingerprint density at radius 2 is 2.16 bits per heavy atom. The van der Waals surface area contributed by atoms with E-state index in [9.17, 15) is 14.4 Å². The van der Waals surface area contributed by atoms with Crippen molar-refractivity contribution in [2.24, 2.45) is 0 Å². The summed E-state index contributed by atoms with van der Waals surface area (Å²) in [5.41, 5.74) is 0.211. The van der Waals surface area contributed by atoms with E-state index in [4.69, 9.17) is 4.74 Å². The van der Waals surface area contributed by atoms with E-state index in [1.165, 1.54) is 0 Å². The number of Topliss-reactive ketones (excluding diaryl/α,β-unsaturated/α-hetero) is 1. The van der Waals surface area contributed by atoms with Crippen molar-refractivity contribution in [3.05, 3.63) is 35.9 Å². The van der Waals surface area contributed by atoms with Gasteiger partial charge < -0.3 is 20.2 Å². The first-order valence-electron chi connectivity index (χ1n) is 8.82. The minimum absolute atomic E-state index is 0.0276. The summed E-state index contributed by atoms with van der Waals surface area (Å²) >= 11 is 0. The molecule has 6 heteroatoms. The highest BCUT2D eigenvalue weighted by molar-refractivity contribution is 5.98. The third kappa shape index (κ3) is 4.14. The SMILES string of the molecule is O=C[C@H](Cc1ccccc1)OC[C@]1(C(=O)[C@@H]2CCC(=O)N2)CCCN1. The first-order chi connectivity index (χ1) is 12.1. The molecule has 2 saturated heterocycles. The Labute approximate surface area is 147 Å². The summed E-state index contributed by atoms with van der Waals surface area (Å²) in [5, 5.41) is 6.01. The quantitative estimate of drug-likeness (QED) is 0.681. The van der Waals surface area contributed by atoms with Crippen molar-refractivity contribution >= 4 is 18.0 Å². The maximum absolute atomic E-state index is 12.9. The number of ether oxygens (including phenoxy) is 1. The van der Waals surface area contributed by atoms with Crippen molar-refractivity contribution in [2.45, 2.75) is 49.8 Å². The molecule has 1 amide bonds. The van der Waals surface area contributed by atoms with Gasteiger partial charge in [0.15, 0.2) is 5.78 Å². The fourth-order valence-electron chi connectivity index (χ4n) is 3.60. The molecule has 3 atom stereocenters. The van der Waals surface area contributed by atoms with Crippen LogP contribution in [0.4, 0.5) is 0 Å². The summed E-state index contributed by atoms with van der Waals surface area (Å²) in [6.45, 7) is 0.884. The van der Waals surface area contributed by atoms with Gasteiger partial charge in [0.05, 0.1) is 12.6 Å². The predicted octanol–water partition coefficient (Wildman–Crippen LogP) is 0.783. The number of rotatable bonds is 8. The van der Waals surface area contributed by atoms with Gasteiger partial charge in [-0.3, -0.25) is 9.59 Å². The third-order valence-electron chi connectivity index (χ3n) is 5.00. The molecule has 0 aliphatic carbocycles. The first-order valence-corrected chi connectivity index (χ1v) is 8.82. The van der Waals surface area contributed by atoms with E-state index in [0.29, 0.717) is 25.7 Å². The zero-order chi connectivity index (χ0) is 17.7. The number of aldehydes is 1. The van der Waals surface area contributed by atoms with Crippen molar-refractivity contribution in [1.29, 1.82) is 0 Å². The zero-order valence-corrected chi connectivity index (χ0v) is 14.2. The molecule has 134 valence electrons. The zero-order valence-electron chi connectivity index (χ0n) is 14.2. The van der Waals surface area contributed by atoms with E-state index in [0.717, 1.165) is 24.8 Å². The Kier molecular flexibility index (Phi) is 5.60. The number of carbonyl (C=O) groups is 3. The van der Waals surface area contributed by atoms with Gasteiger partial charge in [-0.1, -0.05) is 30.3 Å². The molecule has 2 heterocycles. The van der Waals surface area contributed by atoms with E-state index in [-0.39, 0.29) is 18.3 Å². The lowest BCUT2D eigenvalue weighted by Gasteiger charge is -2.31. The lowest BCUT2D eigenvalue weighted by molar-refractivity contribution is -0.133. The van der Waals surface area contributed by atoms with Crippen LogP contribution in [0.1, 0.15) is 31.2 Å². The molecule has 2 N–H and O–H groups in total. The standard InChI is InChI=1S/C19H24N2O4/c22-12-15(11-14-5-2-1-3-6-14)25-13-19(9-4-10-20-19)18(24)16-7-8-17(23)21-16/h1-3,5-6,12,15-16,20H,4,7-11,13H2,(H,21,23)/t15-,16-,19-/m0/s1. The summed E-state index contributed by atoms with van der Waals surface area (Å²) in [5.74, 6) is -0.109. The highest BCUT2D eigenvalue weighted by atomic mass is 16.5. The minimum atomic E-state index is -0.805. The molecule has 0 unspecified atom stereocenters. The van der Waals surface area contributed by atoms with Gasteiger partial charge in [0.2, 0.25) is 5.91 Å². The Bertz CT molecular complexity index is 626. The molecule has 0 spiro atoms. The molecular formula is C19H24N2O4. The van der Waals surface area contributed by atoms with Gasteiger partial charge in [-0.15, -0.1) is 0 Å². The molecule has 0 aromatic heterocycles. The number of hydrogen-bond donors (Lipinski definition) is 2. The number of benzene rings is 1. The van der Waals surface area contributed by atoms with Crippen molar-refractivity contribution < 1.29 is 19.1 Å². The van der Waals surface area contributed by atoms with E-state index in [1.54, 1.807) is 0 Å². The fourth-order valence-corrected chi connectivity index (χ4v) is 3.60. The van der Waals surface area contributed by atoms with Gasteiger partial charge in [0.25, 0.3) is 0 Å². The maximum Gasteiger partial charge on any atom is 0.220 e. The van der Waals surface area contributed by atoms with Crippen LogP contribution in [0.3, 0.4) is 0 Å².